The molecule has 0 fully saturated rings. The first-order chi connectivity index (χ1) is 20.4. The van der Waals surface area contributed by atoms with Crippen LogP contribution in [0, 0.1) is 0 Å². The Bertz CT molecular complexity index is 2360. The maximum atomic E-state index is 2.67. The van der Waals surface area contributed by atoms with Crippen molar-refractivity contribution < 1.29 is 0 Å². The van der Waals surface area contributed by atoms with Crippen LogP contribution in [0.4, 0.5) is 0 Å². The van der Waals surface area contributed by atoms with Gasteiger partial charge in [0.1, 0.15) is 0 Å². The van der Waals surface area contributed by atoms with E-state index in [1.54, 1.807) is 0 Å². The van der Waals surface area contributed by atoms with Gasteiger partial charge in [0, 0.05) is 44.2 Å². The van der Waals surface area contributed by atoms with E-state index in [0.29, 0.717) is 0 Å². The smallest absolute Gasteiger partial charge is 0.333 e. The average molecular weight is 518 g/mol. The maximum absolute atomic E-state index is 2.67. The van der Waals surface area contributed by atoms with Gasteiger partial charge in [-0.3, -0.25) is 0 Å². The lowest BCUT2D eigenvalue weighted by atomic mass is 9.45. The molecule has 0 saturated carbocycles. The minimum atomic E-state index is 0.0618. The lowest BCUT2D eigenvalue weighted by Gasteiger charge is -2.34. The third-order valence-electron chi connectivity index (χ3n) is 9.30. The second-order valence-electron chi connectivity index (χ2n) is 11.3. The fraction of sp³-hybridized carbons (Fsp3) is 0. The number of para-hydroxylation sites is 3. The maximum Gasteiger partial charge on any atom is 0.333 e. The molecule has 8 aromatic rings. The molecule has 0 spiro atoms. The van der Waals surface area contributed by atoms with E-state index in [1.807, 2.05) is 0 Å². The molecule has 0 amide bonds. The van der Waals surface area contributed by atoms with Crippen LogP contribution in [0.15, 0.2) is 140 Å². The van der Waals surface area contributed by atoms with Crippen LogP contribution in [-0.2, 0) is 0 Å². The highest BCUT2D eigenvalue weighted by molar-refractivity contribution is 6.89. The molecule has 0 aliphatic carbocycles. The number of benzene rings is 6. The van der Waals surface area contributed by atoms with E-state index < -0.39 is 0 Å². The highest BCUT2D eigenvalue weighted by Crippen LogP contribution is 2.47. The van der Waals surface area contributed by atoms with Crippen LogP contribution >= 0.6 is 0 Å². The van der Waals surface area contributed by atoms with Gasteiger partial charge in [-0.2, -0.15) is 0 Å². The Kier molecular flexibility index (Phi) is 4.03. The summed E-state index contributed by atoms with van der Waals surface area (Å²) in [6.45, 7) is 0.0618. The Morgan fingerprint density at radius 2 is 1.12 bits per heavy atom. The summed E-state index contributed by atoms with van der Waals surface area (Å²) in [5.41, 5.74) is 15.7. The second-order valence-corrected chi connectivity index (χ2v) is 11.3. The van der Waals surface area contributed by atoms with Crippen LogP contribution in [0.5, 0.6) is 0 Å². The van der Waals surface area contributed by atoms with E-state index in [4.69, 9.17) is 0 Å². The number of aromatic nitrogens is 2. The zero-order chi connectivity index (χ0) is 26.7. The monoisotopic (exact) mass is 518 g/mol. The Morgan fingerprint density at radius 1 is 0.463 bits per heavy atom. The third kappa shape index (κ3) is 2.59. The second kappa shape index (κ2) is 7.68. The molecule has 41 heavy (non-hydrogen) atoms. The molecule has 2 aliphatic heterocycles. The number of fused-ring (bicyclic) bond motifs is 7. The number of rotatable bonds is 2. The highest BCUT2D eigenvalue weighted by atomic mass is 15.0. The summed E-state index contributed by atoms with van der Waals surface area (Å²) in [6, 6.07) is 51.5. The van der Waals surface area contributed by atoms with Crippen LogP contribution < -0.4 is 10.9 Å². The number of nitrogens with zero attached hydrogens (tertiary/aromatic N) is 2. The first-order valence-corrected chi connectivity index (χ1v) is 14.3. The molecule has 10 rings (SSSR count). The molecule has 0 atom stereocenters. The molecule has 0 bridgehead atoms. The van der Waals surface area contributed by atoms with Crippen molar-refractivity contribution in [1.82, 2.24) is 9.05 Å². The van der Waals surface area contributed by atoms with Crippen molar-refractivity contribution in [3.8, 4) is 39.2 Å². The molecule has 2 aliphatic rings. The van der Waals surface area contributed by atoms with Crippen LogP contribution in [0.2, 0.25) is 0 Å². The van der Waals surface area contributed by atoms with Gasteiger partial charge in [-0.15, -0.1) is 0 Å². The van der Waals surface area contributed by atoms with Crippen molar-refractivity contribution in [2.75, 3.05) is 0 Å². The molecule has 2 aromatic heterocycles. The summed E-state index contributed by atoms with van der Waals surface area (Å²) in [4.78, 5) is 0. The molecule has 0 N–H and O–H groups in total. The van der Waals surface area contributed by atoms with Crippen molar-refractivity contribution >= 4 is 50.5 Å². The van der Waals surface area contributed by atoms with Crippen molar-refractivity contribution in [1.29, 1.82) is 0 Å². The molecule has 3 heteroatoms. The fourth-order valence-corrected chi connectivity index (χ4v) is 7.83. The number of hydrogen-bond acceptors (Lipinski definition) is 0. The quantitative estimate of drug-likeness (QED) is 0.205. The van der Waals surface area contributed by atoms with Crippen molar-refractivity contribution in [2.45, 2.75) is 0 Å². The normalized spacial score (nSPS) is 12.8. The molecular weight excluding hydrogens is 495 g/mol. The van der Waals surface area contributed by atoms with E-state index in [0.717, 1.165) is 0 Å². The van der Waals surface area contributed by atoms with Gasteiger partial charge in [0.2, 0.25) is 0 Å². The van der Waals surface area contributed by atoms with Gasteiger partial charge in [-0.05, 0) is 39.7 Å². The van der Waals surface area contributed by atoms with Crippen molar-refractivity contribution in [2.24, 2.45) is 0 Å². The van der Waals surface area contributed by atoms with Gasteiger partial charge in [0.15, 0.2) is 0 Å². The molecule has 0 radical (unpaired) electrons. The van der Waals surface area contributed by atoms with E-state index in [1.165, 1.54) is 82.8 Å². The van der Waals surface area contributed by atoms with E-state index in [9.17, 15) is 0 Å². The summed E-state index contributed by atoms with van der Waals surface area (Å²) in [7, 11) is 0. The number of hydrogen-bond donors (Lipinski definition) is 0. The van der Waals surface area contributed by atoms with Gasteiger partial charge in [0.25, 0.3) is 0 Å². The molecule has 4 heterocycles. The molecular formula is C38H23BN2. The van der Waals surface area contributed by atoms with Gasteiger partial charge >= 0.3 is 6.85 Å². The Morgan fingerprint density at radius 3 is 1.98 bits per heavy atom. The minimum Gasteiger partial charge on any atom is -0.375 e. The summed E-state index contributed by atoms with van der Waals surface area (Å²) >= 11 is 0. The molecule has 0 unspecified atom stereocenters. The van der Waals surface area contributed by atoms with Crippen LogP contribution in [0.3, 0.4) is 0 Å². The Balaban J connectivity index is 1.46. The molecule has 2 nitrogen and oxygen atoms in total. The van der Waals surface area contributed by atoms with E-state index >= 15 is 0 Å². The SMILES string of the molecule is c1ccc(-c2c(-c3ccccc3)n3c4c(cccc24)-c2cccc4c2B3c2cccc3c5ccccc5n-4c23)cc1. The topological polar surface area (TPSA) is 9.86 Å². The summed E-state index contributed by atoms with van der Waals surface area (Å²) in [5.74, 6) is 0. The van der Waals surface area contributed by atoms with Gasteiger partial charge in [0.05, 0.1) is 11.0 Å². The van der Waals surface area contributed by atoms with Crippen LogP contribution in [0.1, 0.15) is 0 Å². The zero-order valence-electron chi connectivity index (χ0n) is 22.3. The lowest BCUT2D eigenvalue weighted by molar-refractivity contribution is 1.17. The fourth-order valence-electron chi connectivity index (χ4n) is 7.83. The molecule has 188 valence electrons. The van der Waals surface area contributed by atoms with Gasteiger partial charge < -0.3 is 9.05 Å². The lowest BCUT2D eigenvalue weighted by Crippen LogP contribution is -2.55. The highest BCUT2D eigenvalue weighted by Gasteiger charge is 2.42. The van der Waals surface area contributed by atoms with Gasteiger partial charge in [-0.25, -0.2) is 0 Å². The summed E-state index contributed by atoms with van der Waals surface area (Å²) < 4.78 is 5.19. The van der Waals surface area contributed by atoms with E-state index in [2.05, 4.69) is 149 Å². The largest absolute Gasteiger partial charge is 0.375 e. The average Bonchev–Trinajstić information content (AvgIpc) is 3.57. The first kappa shape index (κ1) is 21.5. The summed E-state index contributed by atoms with van der Waals surface area (Å²) in [5, 5.41) is 3.94. The standard InChI is InChI=1S/C38H23BN2/c1-3-12-24(13-4-1)34-30-20-9-18-29-27-17-11-23-33-35(27)39(41(37(29)30)36(34)25-14-5-2-6-15-25)31-21-10-19-28-26-16-7-8-22-32(26)40(33)38(28)31/h1-23H. The minimum absolute atomic E-state index is 0.0618. The first-order valence-electron chi connectivity index (χ1n) is 14.3. The van der Waals surface area contributed by atoms with Crippen LogP contribution in [-0.4, -0.2) is 15.9 Å². The molecule has 0 saturated heterocycles. The Hall–Kier alpha value is -5.28. The van der Waals surface area contributed by atoms with Gasteiger partial charge in [-0.1, -0.05) is 127 Å². The van der Waals surface area contributed by atoms with E-state index in [-0.39, 0.29) is 6.85 Å². The third-order valence-corrected chi connectivity index (χ3v) is 9.30. The zero-order valence-corrected chi connectivity index (χ0v) is 22.3. The van der Waals surface area contributed by atoms with Crippen LogP contribution in [0.25, 0.3) is 71.9 Å². The summed E-state index contributed by atoms with van der Waals surface area (Å²) in [6.07, 6.45) is 0. The van der Waals surface area contributed by atoms with Crippen molar-refractivity contribution in [3.05, 3.63) is 140 Å². The Labute approximate surface area is 237 Å². The molecule has 6 aromatic carbocycles. The predicted octanol–water partition coefficient (Wildman–Crippen LogP) is 8.02. The predicted molar refractivity (Wildman–Crippen MR) is 173 cm³/mol. The van der Waals surface area contributed by atoms with Crippen molar-refractivity contribution in [3.63, 3.8) is 0 Å².